The Bertz CT molecular complexity index is 991. The van der Waals surface area contributed by atoms with Gasteiger partial charge in [0.05, 0.1) is 0 Å². The number of allylic oxidation sites excluding steroid dienone is 10. The van der Waals surface area contributed by atoms with Crippen molar-refractivity contribution in [2.45, 2.75) is 0 Å². The van der Waals surface area contributed by atoms with Crippen LogP contribution in [-0.4, -0.2) is 0 Å². The maximum atomic E-state index is 10.8. The zero-order chi connectivity index (χ0) is 25.0. The number of nitroso groups, excluding NO2 is 2. The minimum absolute atomic E-state index is 0.483. The Kier molecular flexibility index (Phi) is 16.7. The molecule has 0 saturated carbocycles. The van der Waals surface area contributed by atoms with Gasteiger partial charge in [-0.25, -0.2) is 0 Å². The summed E-state index contributed by atoms with van der Waals surface area (Å²) in [5.74, 6) is 0. The summed E-state index contributed by atoms with van der Waals surface area (Å²) >= 11 is 4.44. The molecule has 0 spiro atoms. The van der Waals surface area contributed by atoms with Gasteiger partial charge in [0, 0.05) is 11.4 Å². The standard InChI is InChI=1S/2C13H10NO.2ClH.2Pd/c2*15-14-13(11-7-3-1-4-8-11)12-9-5-2-6-10-12;;;;/h2*1-10H;2*1H;;/q2*-1;;;2*+2/p-2. The van der Waals surface area contributed by atoms with Gasteiger partial charge in [-0.3, -0.25) is 0 Å². The first kappa shape index (κ1) is 29.8. The molecule has 8 heteroatoms. The summed E-state index contributed by atoms with van der Waals surface area (Å²) < 4.78 is 0. The fourth-order valence-corrected chi connectivity index (χ4v) is 2.93. The molecular weight excluding hydrogens is 656 g/mol. The molecule has 0 heterocycles. The van der Waals surface area contributed by atoms with E-state index < -0.39 is 0 Å². The van der Waals surface area contributed by atoms with E-state index in [1.54, 1.807) is 0 Å². The number of nitrogens with zero attached hydrogens (tertiary/aromatic N) is 2. The zero-order valence-corrected chi connectivity index (χ0v) is 22.3. The van der Waals surface area contributed by atoms with E-state index in [1.165, 1.54) is 0 Å². The Balaban J connectivity index is 0.000000297. The third-order valence-electron chi connectivity index (χ3n) is 4.37. The van der Waals surface area contributed by atoms with Gasteiger partial charge in [-0.1, -0.05) is 71.0 Å². The number of benzene rings is 2. The Labute approximate surface area is 229 Å². The van der Waals surface area contributed by atoms with Gasteiger partial charge in [0.15, 0.2) is 0 Å². The van der Waals surface area contributed by atoms with E-state index in [1.807, 2.05) is 122 Å². The number of hydrogen-bond donors (Lipinski definition) is 0. The normalized spacial score (nSPS) is 15.5. The van der Waals surface area contributed by atoms with Gasteiger partial charge in [-0.05, 0) is 11.1 Å². The number of rotatable bonds is 4. The predicted molar refractivity (Wildman–Crippen MR) is 135 cm³/mol. The second-order valence-corrected chi connectivity index (χ2v) is 6.34. The van der Waals surface area contributed by atoms with Gasteiger partial charge in [0.2, 0.25) is 0 Å². The topological polar surface area (TPSA) is 58.9 Å². The van der Waals surface area contributed by atoms with Crippen molar-refractivity contribution in [2.75, 3.05) is 0 Å². The minimum atomic E-state index is 0.483. The van der Waals surface area contributed by atoms with Gasteiger partial charge in [-0.15, -0.1) is 72.6 Å². The van der Waals surface area contributed by atoms with Crippen LogP contribution in [0.15, 0.2) is 131 Å². The van der Waals surface area contributed by atoms with E-state index >= 15 is 0 Å². The predicted octanol–water partition coefficient (Wildman–Crippen LogP) is 8.36. The van der Waals surface area contributed by atoms with Gasteiger partial charge in [0.1, 0.15) is 0 Å². The van der Waals surface area contributed by atoms with E-state index in [2.05, 4.69) is 65.8 Å². The van der Waals surface area contributed by atoms with Crippen LogP contribution in [0.5, 0.6) is 0 Å². The summed E-state index contributed by atoms with van der Waals surface area (Å²) in [4.78, 5) is 21.6. The summed E-state index contributed by atoms with van der Waals surface area (Å²) in [7, 11) is 8.98. The Morgan fingerprint density at radius 2 is 0.941 bits per heavy atom. The molecule has 2 aliphatic carbocycles. The average Bonchev–Trinajstić information content (AvgIpc) is 2.95. The first-order valence-corrected chi connectivity index (χ1v) is 13.7. The molecule has 0 unspecified atom stereocenters. The summed E-state index contributed by atoms with van der Waals surface area (Å²) in [5, 5.41) is 6.19. The van der Waals surface area contributed by atoms with Crippen LogP contribution >= 0.6 is 19.1 Å². The van der Waals surface area contributed by atoms with Crippen LogP contribution in [0.25, 0.3) is 11.4 Å². The van der Waals surface area contributed by atoms with Crippen LogP contribution in [-0.2, 0) is 36.4 Å². The molecule has 0 N–H and O–H groups in total. The summed E-state index contributed by atoms with van der Waals surface area (Å²) in [6.45, 7) is 0. The molecule has 2 aliphatic rings. The summed E-state index contributed by atoms with van der Waals surface area (Å²) in [6.07, 6.45) is 18.9. The van der Waals surface area contributed by atoms with E-state index in [0.29, 0.717) is 11.4 Å². The molecule has 4 rings (SSSR count). The van der Waals surface area contributed by atoms with Crippen LogP contribution in [0.1, 0.15) is 11.1 Å². The van der Waals surface area contributed by atoms with Crippen molar-refractivity contribution < 1.29 is 36.4 Å². The maximum absolute atomic E-state index is 10.8. The molecular formula is C26H20Cl2N2O2Pd2. The van der Waals surface area contributed by atoms with Gasteiger partial charge >= 0.3 is 55.4 Å². The van der Waals surface area contributed by atoms with Crippen LogP contribution in [0.3, 0.4) is 0 Å². The van der Waals surface area contributed by atoms with Crippen molar-refractivity contribution in [3.05, 3.63) is 154 Å². The molecule has 34 heavy (non-hydrogen) atoms. The van der Waals surface area contributed by atoms with Gasteiger partial charge in [-0.2, -0.15) is 9.81 Å². The van der Waals surface area contributed by atoms with Crippen molar-refractivity contribution in [3.8, 4) is 0 Å². The molecule has 0 bridgehead atoms. The third kappa shape index (κ3) is 9.92. The number of hydrogen-bond acceptors (Lipinski definition) is 4. The van der Waals surface area contributed by atoms with Crippen LogP contribution in [0.2, 0.25) is 0 Å². The summed E-state index contributed by atoms with van der Waals surface area (Å²) in [6, 6.07) is 18.9. The molecule has 0 aliphatic heterocycles. The average molecular weight is 676 g/mol. The molecule has 0 aromatic heterocycles. The van der Waals surface area contributed by atoms with Crippen molar-refractivity contribution in [2.24, 2.45) is 10.4 Å². The van der Waals surface area contributed by atoms with Crippen LogP contribution < -0.4 is 0 Å². The molecule has 0 fully saturated rings. The van der Waals surface area contributed by atoms with Crippen molar-refractivity contribution in [3.63, 3.8) is 0 Å². The summed E-state index contributed by atoms with van der Waals surface area (Å²) in [5.41, 5.74) is 4.35. The quantitative estimate of drug-likeness (QED) is 0.186. The molecule has 0 saturated heterocycles. The van der Waals surface area contributed by atoms with E-state index in [4.69, 9.17) is 0 Å². The van der Waals surface area contributed by atoms with Crippen molar-refractivity contribution in [1.29, 1.82) is 0 Å². The first-order valence-electron chi connectivity index (χ1n) is 9.69. The Morgan fingerprint density at radius 1 is 0.588 bits per heavy atom. The molecule has 0 radical (unpaired) electrons. The Hall–Kier alpha value is -2.28. The van der Waals surface area contributed by atoms with Crippen LogP contribution in [0.4, 0.5) is 0 Å². The van der Waals surface area contributed by atoms with Crippen molar-refractivity contribution in [1.82, 2.24) is 0 Å². The fourth-order valence-electron chi connectivity index (χ4n) is 2.93. The van der Waals surface area contributed by atoms with E-state index in [9.17, 15) is 9.81 Å². The molecule has 2 aromatic rings. The molecule has 0 atom stereocenters. The second-order valence-electron chi connectivity index (χ2n) is 6.34. The third-order valence-corrected chi connectivity index (χ3v) is 4.37. The second kappa shape index (κ2) is 19.1. The fraction of sp³-hybridized carbons (Fsp3) is 0. The SMILES string of the molecule is O=N/C(=C1/C=CC=C[CH-]1)c1ccccc1.O=N/C(=C1/C=CC=C[CH-]1)c1ccccc1.[Cl][Pd+].[Cl][Pd+]. The van der Waals surface area contributed by atoms with Gasteiger partial charge in [0.25, 0.3) is 0 Å². The molecule has 0 amide bonds. The first-order chi connectivity index (χ1) is 16.8. The van der Waals surface area contributed by atoms with Crippen molar-refractivity contribution >= 4 is 30.5 Å². The zero-order valence-electron chi connectivity index (χ0n) is 17.6. The van der Waals surface area contributed by atoms with E-state index in [0.717, 1.165) is 22.3 Å². The molecule has 4 nitrogen and oxygen atoms in total. The molecule has 180 valence electrons. The van der Waals surface area contributed by atoms with Crippen LogP contribution in [0, 0.1) is 22.7 Å². The van der Waals surface area contributed by atoms with Gasteiger partial charge < -0.3 is 0 Å². The Morgan fingerprint density at radius 3 is 1.21 bits per heavy atom. The van der Waals surface area contributed by atoms with E-state index in [-0.39, 0.29) is 0 Å². The monoisotopic (exact) mass is 674 g/mol. The molecule has 2 aromatic carbocycles. The number of halogens is 2.